The maximum absolute atomic E-state index is 12.8. The van der Waals surface area contributed by atoms with Gasteiger partial charge in [-0.15, -0.1) is 0 Å². The lowest BCUT2D eigenvalue weighted by molar-refractivity contribution is -0.174. The van der Waals surface area contributed by atoms with Crippen LogP contribution in [0.3, 0.4) is 0 Å². The fraction of sp³-hybridized carbons (Fsp3) is 0.955. The van der Waals surface area contributed by atoms with Crippen LogP contribution in [0.5, 0.6) is 0 Å². The number of halogens is 1. The summed E-state index contributed by atoms with van der Waals surface area (Å²) in [5.74, 6) is 2.45. The van der Waals surface area contributed by atoms with E-state index in [0.29, 0.717) is 29.1 Å². The molecule has 4 saturated carbocycles. The minimum Gasteiger partial charge on any atom is -0.393 e. The molecule has 0 spiro atoms. The molecule has 26 heavy (non-hydrogen) atoms. The molecule has 0 heterocycles. The van der Waals surface area contributed by atoms with Crippen LogP contribution >= 0.6 is 15.9 Å². The zero-order valence-corrected chi connectivity index (χ0v) is 18.1. The maximum Gasteiger partial charge on any atom is 0.175 e. The molecule has 4 rings (SSSR count). The average Bonchev–Trinajstić information content (AvgIpc) is 2.83. The molecule has 148 valence electrons. The van der Waals surface area contributed by atoms with Crippen molar-refractivity contribution in [2.24, 2.45) is 40.4 Å². The highest BCUT2D eigenvalue weighted by Gasteiger charge is 2.68. The average molecular weight is 427 g/mol. The standard InChI is InChI=1S/C22H35BrO3/c1-13-10-18-16-5-4-14-11-15(24)6-8-20(14,2)17(16)7-9-21(18,3)22(13,26)19(25)12-23/h13-18,24,26H,4-12H2,1-3H3. The molecule has 0 aliphatic heterocycles. The van der Waals surface area contributed by atoms with Crippen LogP contribution in [0.1, 0.15) is 72.1 Å². The summed E-state index contributed by atoms with van der Waals surface area (Å²) in [5.41, 5.74) is -1.12. The van der Waals surface area contributed by atoms with Gasteiger partial charge >= 0.3 is 0 Å². The van der Waals surface area contributed by atoms with Gasteiger partial charge in [0.15, 0.2) is 5.78 Å². The fourth-order valence-corrected chi connectivity index (χ4v) is 8.70. The van der Waals surface area contributed by atoms with E-state index in [-0.39, 0.29) is 28.6 Å². The van der Waals surface area contributed by atoms with Crippen LogP contribution < -0.4 is 0 Å². The molecule has 0 aromatic heterocycles. The molecule has 0 radical (unpaired) electrons. The van der Waals surface area contributed by atoms with Crippen LogP contribution in [0.4, 0.5) is 0 Å². The van der Waals surface area contributed by atoms with E-state index < -0.39 is 5.60 Å². The van der Waals surface area contributed by atoms with Gasteiger partial charge in [-0.2, -0.15) is 0 Å². The fourth-order valence-electron chi connectivity index (χ4n) is 8.27. The van der Waals surface area contributed by atoms with E-state index in [1.807, 2.05) is 0 Å². The number of Topliss-reactive ketones (excluding diaryl/α,β-unsaturated/α-hetero) is 1. The molecule has 4 fully saturated rings. The van der Waals surface area contributed by atoms with Crippen LogP contribution in [0.15, 0.2) is 0 Å². The van der Waals surface area contributed by atoms with Crippen molar-refractivity contribution in [2.75, 3.05) is 5.33 Å². The first-order chi connectivity index (χ1) is 12.2. The number of aliphatic hydroxyl groups is 2. The summed E-state index contributed by atoms with van der Waals surface area (Å²) >= 11 is 3.32. The molecular formula is C22H35BrO3. The second-order valence-electron chi connectivity index (χ2n) is 10.5. The highest BCUT2D eigenvalue weighted by Crippen LogP contribution is 2.69. The Bertz CT molecular complexity index is 594. The van der Waals surface area contributed by atoms with Crippen molar-refractivity contribution in [2.45, 2.75) is 83.8 Å². The molecule has 4 aliphatic rings. The highest BCUT2D eigenvalue weighted by molar-refractivity contribution is 9.09. The molecule has 9 atom stereocenters. The van der Waals surface area contributed by atoms with Crippen LogP contribution in [0, 0.1) is 40.4 Å². The number of aliphatic hydroxyl groups excluding tert-OH is 1. The van der Waals surface area contributed by atoms with Gasteiger partial charge in [0.05, 0.1) is 11.4 Å². The summed E-state index contributed by atoms with van der Waals surface area (Å²) in [6, 6.07) is 0. The topological polar surface area (TPSA) is 57.5 Å². The Morgan fingerprint density at radius 3 is 2.50 bits per heavy atom. The highest BCUT2D eigenvalue weighted by atomic mass is 79.9. The number of fused-ring (bicyclic) bond motifs is 5. The normalized spacial score (nSPS) is 56.4. The Morgan fingerprint density at radius 1 is 1.08 bits per heavy atom. The molecule has 2 N–H and O–H groups in total. The van der Waals surface area contributed by atoms with Crippen molar-refractivity contribution in [3.63, 3.8) is 0 Å². The van der Waals surface area contributed by atoms with Gasteiger partial charge in [0, 0.05) is 5.41 Å². The Balaban J connectivity index is 1.67. The van der Waals surface area contributed by atoms with E-state index in [2.05, 4.69) is 36.7 Å². The van der Waals surface area contributed by atoms with Gasteiger partial charge in [-0.1, -0.05) is 36.7 Å². The number of carbonyl (C=O) groups excluding carboxylic acids is 1. The van der Waals surface area contributed by atoms with Gasteiger partial charge in [0.1, 0.15) is 5.60 Å². The first kappa shape index (κ1) is 19.4. The van der Waals surface area contributed by atoms with E-state index in [0.717, 1.165) is 38.5 Å². The molecule has 3 nitrogen and oxygen atoms in total. The summed E-state index contributed by atoms with van der Waals surface area (Å²) in [7, 11) is 0. The smallest absolute Gasteiger partial charge is 0.175 e. The number of rotatable bonds is 2. The molecule has 4 aliphatic carbocycles. The van der Waals surface area contributed by atoms with E-state index >= 15 is 0 Å². The van der Waals surface area contributed by atoms with Gasteiger partial charge in [-0.05, 0) is 86.4 Å². The van der Waals surface area contributed by atoms with Crippen molar-refractivity contribution in [1.29, 1.82) is 0 Å². The zero-order valence-electron chi connectivity index (χ0n) is 16.5. The number of ketones is 1. The minimum absolute atomic E-state index is 0.0193. The summed E-state index contributed by atoms with van der Waals surface area (Å²) in [5, 5.41) is 22.0. The molecule has 0 aromatic rings. The third-order valence-electron chi connectivity index (χ3n) is 9.77. The lowest BCUT2D eigenvalue weighted by Crippen LogP contribution is -2.60. The van der Waals surface area contributed by atoms with Crippen LogP contribution in [-0.2, 0) is 4.79 Å². The van der Waals surface area contributed by atoms with Crippen molar-refractivity contribution < 1.29 is 15.0 Å². The Labute approximate surface area is 166 Å². The van der Waals surface area contributed by atoms with Crippen molar-refractivity contribution in [3.05, 3.63) is 0 Å². The predicted molar refractivity (Wildman–Crippen MR) is 106 cm³/mol. The SMILES string of the molecule is CC1CC2C3CCC4CC(O)CCC4(C)C3CCC2(C)C1(O)C(=O)CBr. The monoisotopic (exact) mass is 426 g/mol. The quantitative estimate of drug-likeness (QED) is 0.645. The largest absolute Gasteiger partial charge is 0.393 e. The van der Waals surface area contributed by atoms with Gasteiger partial charge < -0.3 is 10.2 Å². The van der Waals surface area contributed by atoms with Crippen LogP contribution in [0.2, 0.25) is 0 Å². The van der Waals surface area contributed by atoms with E-state index in [1.54, 1.807) is 0 Å². The summed E-state index contributed by atoms with van der Waals surface area (Å²) in [4.78, 5) is 12.8. The van der Waals surface area contributed by atoms with E-state index in [1.165, 1.54) is 12.8 Å². The Morgan fingerprint density at radius 2 is 1.81 bits per heavy atom. The first-order valence-electron chi connectivity index (χ1n) is 10.7. The van der Waals surface area contributed by atoms with E-state index in [4.69, 9.17) is 0 Å². The van der Waals surface area contributed by atoms with Crippen molar-refractivity contribution in [1.82, 2.24) is 0 Å². The third-order valence-corrected chi connectivity index (χ3v) is 10.3. The van der Waals surface area contributed by atoms with Crippen LogP contribution in [0.25, 0.3) is 0 Å². The van der Waals surface area contributed by atoms with Crippen molar-refractivity contribution in [3.8, 4) is 0 Å². The molecular weight excluding hydrogens is 392 g/mol. The second-order valence-corrected chi connectivity index (χ2v) is 11.1. The predicted octanol–water partition coefficient (Wildman–Crippen LogP) is 4.33. The second kappa shape index (κ2) is 6.29. The molecule has 0 amide bonds. The molecule has 0 bridgehead atoms. The van der Waals surface area contributed by atoms with Gasteiger partial charge in [-0.3, -0.25) is 4.79 Å². The molecule has 9 unspecified atom stereocenters. The zero-order chi connectivity index (χ0) is 18.9. The van der Waals surface area contributed by atoms with Gasteiger partial charge in [0.25, 0.3) is 0 Å². The number of carbonyl (C=O) groups is 1. The molecule has 4 heteroatoms. The number of hydrogen-bond acceptors (Lipinski definition) is 3. The maximum atomic E-state index is 12.8. The lowest BCUT2D eigenvalue weighted by Gasteiger charge is -2.61. The number of alkyl halides is 1. The van der Waals surface area contributed by atoms with Crippen LogP contribution in [-0.4, -0.2) is 33.0 Å². The summed E-state index contributed by atoms with van der Waals surface area (Å²) in [6.45, 7) is 6.78. The van der Waals surface area contributed by atoms with Gasteiger partial charge in [-0.25, -0.2) is 0 Å². The van der Waals surface area contributed by atoms with Crippen molar-refractivity contribution >= 4 is 21.7 Å². The minimum atomic E-state index is -1.17. The third kappa shape index (κ3) is 2.33. The molecule has 0 aromatic carbocycles. The van der Waals surface area contributed by atoms with E-state index in [9.17, 15) is 15.0 Å². The van der Waals surface area contributed by atoms with Gasteiger partial charge in [0.2, 0.25) is 0 Å². The molecule has 0 saturated heterocycles. The Kier molecular flexibility index (Phi) is 4.69. The Hall–Kier alpha value is 0.0700. The summed E-state index contributed by atoms with van der Waals surface area (Å²) < 4.78 is 0. The number of hydrogen-bond donors (Lipinski definition) is 2. The first-order valence-corrected chi connectivity index (χ1v) is 11.8. The lowest BCUT2D eigenvalue weighted by atomic mass is 9.44. The summed E-state index contributed by atoms with van der Waals surface area (Å²) in [6.07, 6.45) is 8.45.